The fraction of sp³-hybridized carbons (Fsp3) is 0.107. The number of carbonyl (C=O) groups excluding carboxylic acids is 1. The van der Waals surface area contributed by atoms with Crippen LogP contribution in [0.1, 0.15) is 39.5 Å². The standard InChI is InChI=1S/C28H25N7O/c1-18-11-23(14-24(12-18)35-16-20(3)31-17-35)32-27(36)21-7-6-19(2)26(13-21)34-28-30-10-8-25(33-28)22-5-4-9-29-15-22/h4-17H,1-3H3,(H,32,36)(H,30,33,34)/i2D3,4D,5D,8D,9D,10D,15D. The molecule has 5 rings (SSSR count). The molecule has 0 spiro atoms. The number of pyridine rings is 1. The molecule has 0 saturated heterocycles. The summed E-state index contributed by atoms with van der Waals surface area (Å²) in [7, 11) is 0. The van der Waals surface area contributed by atoms with Gasteiger partial charge in [-0.25, -0.2) is 15.0 Å². The lowest BCUT2D eigenvalue weighted by molar-refractivity contribution is 0.102. The minimum atomic E-state index is -2.63. The summed E-state index contributed by atoms with van der Waals surface area (Å²) in [6, 6.07) is 7.64. The van der Waals surface area contributed by atoms with Gasteiger partial charge in [0, 0.05) is 57.0 Å². The van der Waals surface area contributed by atoms with Crippen molar-refractivity contribution in [1.82, 2.24) is 24.5 Å². The molecule has 0 fully saturated rings. The second kappa shape index (κ2) is 9.79. The fourth-order valence-electron chi connectivity index (χ4n) is 3.47. The van der Waals surface area contributed by atoms with Gasteiger partial charge in [-0.2, -0.15) is 0 Å². The van der Waals surface area contributed by atoms with Gasteiger partial charge >= 0.3 is 0 Å². The van der Waals surface area contributed by atoms with Gasteiger partial charge in [0.2, 0.25) is 5.95 Å². The Hall–Kier alpha value is -4.85. The summed E-state index contributed by atoms with van der Waals surface area (Å²) in [5, 5.41) is 5.55. The van der Waals surface area contributed by atoms with Crippen LogP contribution in [0.4, 0.5) is 17.3 Å². The lowest BCUT2D eigenvalue weighted by Gasteiger charge is -2.13. The third-order valence-electron chi connectivity index (χ3n) is 5.12. The van der Waals surface area contributed by atoms with Gasteiger partial charge in [-0.05, 0) is 80.3 Å². The molecule has 1 amide bonds. The predicted molar refractivity (Wildman–Crippen MR) is 141 cm³/mol. The van der Waals surface area contributed by atoms with Gasteiger partial charge in [-0.1, -0.05) is 6.07 Å². The molecular formula is C28H25N7O. The van der Waals surface area contributed by atoms with E-state index in [-0.39, 0.29) is 34.0 Å². The summed E-state index contributed by atoms with van der Waals surface area (Å²) in [6.45, 7) is 1.11. The van der Waals surface area contributed by atoms with Gasteiger partial charge in [0.15, 0.2) is 0 Å². The second-order valence-electron chi connectivity index (χ2n) is 7.91. The number of nitrogens with one attached hydrogen (secondary N) is 2. The molecule has 3 aromatic heterocycles. The summed E-state index contributed by atoms with van der Waals surface area (Å²) in [5.41, 5.74) is 2.07. The number of aromatic nitrogens is 5. The highest BCUT2D eigenvalue weighted by Gasteiger charge is 2.12. The molecule has 3 heterocycles. The van der Waals surface area contributed by atoms with Gasteiger partial charge in [0.1, 0.15) is 0 Å². The van der Waals surface area contributed by atoms with E-state index in [1.54, 1.807) is 18.5 Å². The van der Waals surface area contributed by atoms with E-state index in [0.717, 1.165) is 16.9 Å². The summed E-state index contributed by atoms with van der Waals surface area (Å²) in [6.07, 6.45) is 1.69. The largest absolute Gasteiger partial charge is 0.324 e. The lowest BCUT2D eigenvalue weighted by atomic mass is 10.1. The Labute approximate surface area is 221 Å². The van der Waals surface area contributed by atoms with Gasteiger partial charge in [-0.15, -0.1) is 0 Å². The van der Waals surface area contributed by atoms with Crippen molar-refractivity contribution < 1.29 is 17.1 Å². The molecule has 8 nitrogen and oxygen atoms in total. The third kappa shape index (κ3) is 5.12. The van der Waals surface area contributed by atoms with Crippen molar-refractivity contribution in [2.45, 2.75) is 20.7 Å². The van der Waals surface area contributed by atoms with E-state index in [4.69, 9.17) is 12.3 Å². The molecule has 2 N–H and O–H groups in total. The molecule has 0 bridgehead atoms. The molecule has 2 aromatic carbocycles. The van der Waals surface area contributed by atoms with Crippen molar-refractivity contribution >= 4 is 23.2 Å². The molecule has 0 aliphatic heterocycles. The van der Waals surface area contributed by atoms with Crippen molar-refractivity contribution in [3.63, 3.8) is 0 Å². The first-order valence-corrected chi connectivity index (χ1v) is 10.8. The normalized spacial score (nSPS) is 14.7. The third-order valence-corrected chi connectivity index (χ3v) is 5.12. The number of benzene rings is 2. The van der Waals surface area contributed by atoms with E-state index in [0.29, 0.717) is 5.69 Å². The molecule has 0 aliphatic rings. The van der Waals surface area contributed by atoms with Crippen LogP contribution in [-0.2, 0) is 0 Å². The van der Waals surface area contributed by atoms with Crippen molar-refractivity contribution in [2.75, 3.05) is 10.6 Å². The molecule has 36 heavy (non-hydrogen) atoms. The quantitative estimate of drug-likeness (QED) is 0.323. The lowest BCUT2D eigenvalue weighted by Crippen LogP contribution is -2.13. The number of hydrogen-bond donors (Lipinski definition) is 2. The molecule has 0 saturated carbocycles. The van der Waals surface area contributed by atoms with E-state index < -0.39 is 49.4 Å². The first kappa shape index (κ1) is 14.5. The van der Waals surface area contributed by atoms with Crippen molar-refractivity contribution in [1.29, 1.82) is 0 Å². The topological polar surface area (TPSA) is 97.6 Å². The van der Waals surface area contributed by atoms with E-state index in [1.165, 1.54) is 18.2 Å². The molecule has 0 radical (unpaired) electrons. The van der Waals surface area contributed by atoms with Crippen LogP contribution in [0.15, 0.2) is 85.6 Å². The van der Waals surface area contributed by atoms with Crippen molar-refractivity contribution in [2.24, 2.45) is 0 Å². The van der Waals surface area contributed by atoms with Gasteiger partial charge in [0.05, 0.1) is 25.9 Å². The van der Waals surface area contributed by atoms with Crippen LogP contribution in [0.2, 0.25) is 0 Å². The average Bonchev–Trinajstić information content (AvgIpc) is 3.39. The minimum Gasteiger partial charge on any atom is -0.324 e. The van der Waals surface area contributed by atoms with Gasteiger partial charge < -0.3 is 15.2 Å². The molecule has 0 aliphatic carbocycles. The summed E-state index contributed by atoms with van der Waals surface area (Å²) >= 11 is 0. The molecule has 5 aromatic rings. The number of imidazole rings is 1. The average molecular weight is 485 g/mol. The molecule has 8 heteroatoms. The van der Waals surface area contributed by atoms with Crippen LogP contribution >= 0.6 is 0 Å². The number of amides is 1. The highest BCUT2D eigenvalue weighted by atomic mass is 16.1. The van der Waals surface area contributed by atoms with Crippen LogP contribution in [0.25, 0.3) is 16.9 Å². The van der Waals surface area contributed by atoms with Gasteiger partial charge in [-0.3, -0.25) is 9.78 Å². The van der Waals surface area contributed by atoms with Crippen LogP contribution in [-0.4, -0.2) is 30.4 Å². The van der Waals surface area contributed by atoms with E-state index in [1.807, 2.05) is 30.7 Å². The zero-order chi connectivity index (χ0) is 32.8. The number of aryl methyl sites for hydroxylation is 3. The highest BCUT2D eigenvalue weighted by Crippen LogP contribution is 2.24. The van der Waals surface area contributed by atoms with Crippen molar-refractivity contribution in [3.05, 3.63) is 108 Å². The van der Waals surface area contributed by atoms with Crippen LogP contribution in [0.3, 0.4) is 0 Å². The Balaban J connectivity index is 1.52. The summed E-state index contributed by atoms with van der Waals surface area (Å²) in [5.74, 6) is -0.895. The Morgan fingerprint density at radius 1 is 1.08 bits per heavy atom. The first-order chi connectivity index (χ1) is 21.1. The Morgan fingerprint density at radius 3 is 2.83 bits per heavy atom. The Bertz CT molecular complexity index is 1980. The van der Waals surface area contributed by atoms with Crippen LogP contribution in [0.5, 0.6) is 0 Å². The van der Waals surface area contributed by atoms with E-state index in [2.05, 4.69) is 30.6 Å². The molecule has 0 unspecified atom stereocenters. The smallest absolute Gasteiger partial charge is 0.255 e. The fourth-order valence-corrected chi connectivity index (χ4v) is 3.47. The first-order valence-electron chi connectivity index (χ1n) is 15.3. The number of rotatable bonds is 6. The summed E-state index contributed by atoms with van der Waals surface area (Å²) in [4.78, 5) is 29.3. The SMILES string of the molecule is [2H]c1nc(Nc2cc(C(=O)Nc3cc(C)cc(-n4cnc(C)c4)c3)ccc2C([2H])([2H])[2H])nc(-c2c([2H])nc([2H])c([2H])c2[2H])c1[2H]. The maximum atomic E-state index is 13.3. The number of carbonyl (C=O) groups is 1. The Kier molecular flexibility index (Phi) is 3.95. The Morgan fingerprint density at radius 2 is 2.00 bits per heavy atom. The monoisotopic (exact) mass is 484 g/mol. The number of hydrogen-bond acceptors (Lipinski definition) is 6. The second-order valence-corrected chi connectivity index (χ2v) is 7.91. The highest BCUT2D eigenvalue weighted by molar-refractivity contribution is 6.05. The number of anilines is 3. The van der Waals surface area contributed by atoms with Crippen molar-refractivity contribution in [3.8, 4) is 16.9 Å². The molecule has 178 valence electrons. The minimum absolute atomic E-state index is 0.0810. The predicted octanol–water partition coefficient (Wildman–Crippen LogP) is 5.65. The zero-order valence-corrected chi connectivity index (χ0v) is 19.3. The summed E-state index contributed by atoms with van der Waals surface area (Å²) < 4.78 is 74.2. The van der Waals surface area contributed by atoms with E-state index in [9.17, 15) is 4.79 Å². The van der Waals surface area contributed by atoms with Gasteiger partial charge in [0.25, 0.3) is 5.91 Å². The number of nitrogens with zero attached hydrogens (tertiary/aromatic N) is 5. The maximum absolute atomic E-state index is 13.3. The van der Waals surface area contributed by atoms with Crippen LogP contribution in [0, 0.1) is 20.7 Å². The maximum Gasteiger partial charge on any atom is 0.255 e. The zero-order valence-electron chi connectivity index (χ0n) is 28.3. The molecule has 0 atom stereocenters. The van der Waals surface area contributed by atoms with E-state index >= 15 is 0 Å². The van der Waals surface area contributed by atoms with Crippen LogP contribution < -0.4 is 10.6 Å². The molecular weight excluding hydrogens is 450 g/mol.